The molecular weight excluding hydrogens is 264 g/mol. The quantitative estimate of drug-likeness (QED) is 0.910. The van der Waals surface area contributed by atoms with Crippen molar-refractivity contribution in [1.82, 2.24) is 9.88 Å². The van der Waals surface area contributed by atoms with Gasteiger partial charge >= 0.3 is 0 Å². The van der Waals surface area contributed by atoms with Gasteiger partial charge in [-0.15, -0.1) is 0 Å². The summed E-state index contributed by atoms with van der Waals surface area (Å²) >= 11 is 3.47. The summed E-state index contributed by atoms with van der Waals surface area (Å²) < 4.78 is 3.20. The van der Waals surface area contributed by atoms with Crippen molar-refractivity contribution in [2.24, 2.45) is 7.05 Å². The largest absolute Gasteiger partial charge is 0.357 e. The minimum Gasteiger partial charge on any atom is -0.357 e. The van der Waals surface area contributed by atoms with Gasteiger partial charge < -0.3 is 9.88 Å². The van der Waals surface area contributed by atoms with E-state index in [4.69, 9.17) is 0 Å². The average molecular weight is 279 g/mol. The van der Waals surface area contributed by atoms with E-state index in [0.717, 1.165) is 17.6 Å². The molecule has 2 nitrogen and oxygen atoms in total. The highest BCUT2D eigenvalue weighted by atomic mass is 79.9. The Hall–Kier alpha value is -1.06. The second-order valence-electron chi connectivity index (χ2n) is 3.92. The molecule has 0 amide bonds. The smallest absolute Gasteiger partial charge is 0.0223 e. The average Bonchev–Trinajstić information content (AvgIpc) is 2.64. The number of aromatic nitrogens is 1. The highest BCUT2D eigenvalue weighted by Gasteiger charge is 1.96. The molecule has 1 N–H and O–H groups in total. The molecule has 2 aromatic rings. The second-order valence-corrected chi connectivity index (χ2v) is 4.83. The fourth-order valence-electron chi connectivity index (χ4n) is 1.66. The van der Waals surface area contributed by atoms with Crippen LogP contribution in [0.5, 0.6) is 0 Å². The predicted molar refractivity (Wildman–Crippen MR) is 70.1 cm³/mol. The van der Waals surface area contributed by atoms with Crippen molar-refractivity contribution in [3.63, 3.8) is 0 Å². The molecule has 0 aliphatic carbocycles. The van der Waals surface area contributed by atoms with Gasteiger partial charge in [0.1, 0.15) is 0 Å². The van der Waals surface area contributed by atoms with E-state index >= 15 is 0 Å². The van der Waals surface area contributed by atoms with Gasteiger partial charge in [0, 0.05) is 37.0 Å². The molecule has 0 radical (unpaired) electrons. The third-order valence-corrected chi connectivity index (χ3v) is 2.93. The first-order valence-corrected chi connectivity index (χ1v) is 6.09. The molecule has 0 aliphatic heterocycles. The summed E-state index contributed by atoms with van der Waals surface area (Å²) in [5, 5.41) is 3.42. The Morgan fingerprint density at radius 2 is 2.00 bits per heavy atom. The lowest BCUT2D eigenvalue weighted by atomic mass is 10.2. The molecule has 84 valence electrons. The molecule has 0 atom stereocenters. The second kappa shape index (κ2) is 5.32. The normalized spacial score (nSPS) is 10.6. The minimum atomic E-state index is 0.897. The van der Waals surface area contributed by atoms with Crippen molar-refractivity contribution in [2.75, 3.05) is 0 Å². The van der Waals surface area contributed by atoms with E-state index in [1.54, 1.807) is 0 Å². The van der Waals surface area contributed by atoms with Crippen molar-refractivity contribution in [1.29, 1.82) is 0 Å². The van der Waals surface area contributed by atoms with E-state index in [-0.39, 0.29) is 0 Å². The highest BCUT2D eigenvalue weighted by Crippen LogP contribution is 2.11. The van der Waals surface area contributed by atoms with Crippen LogP contribution in [-0.2, 0) is 20.1 Å². The zero-order valence-electron chi connectivity index (χ0n) is 9.28. The summed E-state index contributed by atoms with van der Waals surface area (Å²) in [6.07, 6.45) is 4.20. The fraction of sp³-hybridized carbons (Fsp3) is 0.231. The summed E-state index contributed by atoms with van der Waals surface area (Å²) in [7, 11) is 2.04. The Bertz CT molecular complexity index is 462. The molecule has 0 bridgehead atoms. The van der Waals surface area contributed by atoms with Crippen LogP contribution in [-0.4, -0.2) is 4.57 Å². The molecule has 0 aliphatic rings. The van der Waals surface area contributed by atoms with Gasteiger partial charge in [-0.2, -0.15) is 0 Å². The van der Waals surface area contributed by atoms with Crippen LogP contribution in [0.3, 0.4) is 0 Å². The van der Waals surface area contributed by atoms with Gasteiger partial charge in [0.2, 0.25) is 0 Å². The number of nitrogens with zero attached hydrogens (tertiary/aromatic N) is 1. The number of hydrogen-bond donors (Lipinski definition) is 1. The number of benzene rings is 1. The molecule has 0 saturated carbocycles. The third-order valence-electron chi connectivity index (χ3n) is 2.44. The van der Waals surface area contributed by atoms with E-state index in [0.29, 0.717) is 0 Å². The molecule has 1 aromatic heterocycles. The molecular formula is C13H15BrN2. The Balaban J connectivity index is 1.84. The van der Waals surface area contributed by atoms with E-state index in [1.165, 1.54) is 11.1 Å². The van der Waals surface area contributed by atoms with Crippen molar-refractivity contribution in [2.45, 2.75) is 13.1 Å². The van der Waals surface area contributed by atoms with E-state index < -0.39 is 0 Å². The van der Waals surface area contributed by atoms with Crippen molar-refractivity contribution < 1.29 is 0 Å². The molecule has 16 heavy (non-hydrogen) atoms. The lowest BCUT2D eigenvalue weighted by Gasteiger charge is -2.04. The number of nitrogens with one attached hydrogen (secondary N) is 1. The van der Waals surface area contributed by atoms with E-state index in [1.807, 2.05) is 13.1 Å². The van der Waals surface area contributed by atoms with Gasteiger partial charge in [-0.05, 0) is 29.3 Å². The van der Waals surface area contributed by atoms with Crippen molar-refractivity contribution in [3.8, 4) is 0 Å². The van der Waals surface area contributed by atoms with Gasteiger partial charge in [-0.3, -0.25) is 0 Å². The molecule has 0 saturated heterocycles. The first-order valence-electron chi connectivity index (χ1n) is 5.30. The lowest BCUT2D eigenvalue weighted by molar-refractivity contribution is 0.692. The topological polar surface area (TPSA) is 17.0 Å². The molecule has 0 fully saturated rings. The van der Waals surface area contributed by atoms with Gasteiger partial charge in [-0.25, -0.2) is 0 Å². The predicted octanol–water partition coefficient (Wildman–Crippen LogP) is 3.08. The summed E-state index contributed by atoms with van der Waals surface area (Å²) in [5.41, 5.74) is 2.61. The van der Waals surface area contributed by atoms with Crippen LogP contribution in [0.4, 0.5) is 0 Å². The highest BCUT2D eigenvalue weighted by molar-refractivity contribution is 9.10. The van der Waals surface area contributed by atoms with Crippen LogP contribution in [0.2, 0.25) is 0 Å². The first-order chi connectivity index (χ1) is 7.74. The zero-order valence-corrected chi connectivity index (χ0v) is 10.9. The maximum Gasteiger partial charge on any atom is 0.0223 e. The fourth-order valence-corrected chi connectivity index (χ4v) is 2.11. The van der Waals surface area contributed by atoms with Crippen molar-refractivity contribution >= 4 is 15.9 Å². The Labute approximate surface area is 104 Å². The first kappa shape index (κ1) is 11.4. The molecule has 1 heterocycles. The van der Waals surface area contributed by atoms with Gasteiger partial charge in [-0.1, -0.05) is 28.1 Å². The van der Waals surface area contributed by atoms with Crippen LogP contribution in [0, 0.1) is 0 Å². The summed E-state index contributed by atoms with van der Waals surface area (Å²) in [6.45, 7) is 1.81. The summed E-state index contributed by atoms with van der Waals surface area (Å²) in [4.78, 5) is 0. The number of halogens is 1. The number of rotatable bonds is 4. The maximum absolute atomic E-state index is 3.47. The van der Waals surface area contributed by atoms with Gasteiger partial charge in [0.15, 0.2) is 0 Å². The van der Waals surface area contributed by atoms with E-state index in [9.17, 15) is 0 Å². The van der Waals surface area contributed by atoms with Crippen LogP contribution in [0.1, 0.15) is 11.1 Å². The Morgan fingerprint density at radius 1 is 1.19 bits per heavy atom. The molecule has 0 spiro atoms. The zero-order chi connectivity index (χ0) is 11.4. The molecule has 1 aromatic carbocycles. The Kier molecular flexibility index (Phi) is 3.80. The van der Waals surface area contributed by atoms with Gasteiger partial charge in [0.05, 0.1) is 0 Å². The summed E-state index contributed by atoms with van der Waals surface area (Å²) in [5.74, 6) is 0. The molecule has 0 unspecified atom stereocenters. The maximum atomic E-state index is 3.47. The minimum absolute atomic E-state index is 0.897. The number of hydrogen-bond acceptors (Lipinski definition) is 1. The monoisotopic (exact) mass is 278 g/mol. The van der Waals surface area contributed by atoms with Crippen LogP contribution in [0.25, 0.3) is 0 Å². The summed E-state index contributed by atoms with van der Waals surface area (Å²) in [6, 6.07) is 10.5. The van der Waals surface area contributed by atoms with Crippen LogP contribution in [0.15, 0.2) is 47.2 Å². The third kappa shape index (κ3) is 3.22. The molecule has 2 rings (SSSR count). The Morgan fingerprint density at radius 3 is 2.69 bits per heavy atom. The lowest BCUT2D eigenvalue weighted by Crippen LogP contribution is -2.12. The van der Waals surface area contributed by atoms with E-state index in [2.05, 4.69) is 62.5 Å². The number of aryl methyl sites for hydroxylation is 1. The SMILES string of the molecule is Cn1ccc(CNCc2cccc(Br)c2)c1. The standard InChI is InChI=1S/C13H15BrN2/c1-16-6-5-12(10-16)9-15-8-11-3-2-4-13(14)7-11/h2-7,10,15H,8-9H2,1H3. The van der Waals surface area contributed by atoms with Crippen LogP contribution >= 0.6 is 15.9 Å². The van der Waals surface area contributed by atoms with Gasteiger partial charge in [0.25, 0.3) is 0 Å². The van der Waals surface area contributed by atoms with Crippen LogP contribution < -0.4 is 5.32 Å². The molecule has 3 heteroatoms. The van der Waals surface area contributed by atoms with Crippen molar-refractivity contribution in [3.05, 3.63) is 58.3 Å².